The van der Waals surface area contributed by atoms with Crippen LogP contribution in [-0.4, -0.2) is 383 Å². The fraction of sp³-hybridized carbons (Fsp3) is 0.905. The summed E-state index contributed by atoms with van der Waals surface area (Å²) in [5, 5.41) is 19.2. The smallest absolute Gasteiger partial charge is 0.465 e. The third kappa shape index (κ3) is 34.7. The second-order valence-electron chi connectivity index (χ2n) is 33.7. The van der Waals surface area contributed by atoms with Crippen LogP contribution in [0, 0.1) is 47.3 Å². The molecule has 16 unspecified atom stereocenters. The molecule has 0 aromatic heterocycles. The number of carbonyl (C=O) groups is 8. The number of rotatable bonds is 46. The lowest BCUT2D eigenvalue weighted by Crippen LogP contribution is -2.53. The number of fused-ring (bicyclic) bond motifs is 8. The maximum atomic E-state index is 13.2. The van der Waals surface area contributed by atoms with E-state index >= 15 is 0 Å². The number of hydrogen-bond donors (Lipinski definition) is 3. The molecule has 0 spiro atoms. The first-order chi connectivity index (χ1) is 62.3. The number of likely N-dealkylation sites (N-methyl/N-ethyl adjacent to an activating group) is 4. The summed E-state index contributed by atoms with van der Waals surface area (Å²) in [5.41, 5.74) is 0. The fourth-order valence-electron chi connectivity index (χ4n) is 18.0. The van der Waals surface area contributed by atoms with Crippen molar-refractivity contribution in [3.05, 3.63) is 0 Å². The van der Waals surface area contributed by atoms with Gasteiger partial charge in [0.25, 0.3) is 0 Å². The average Bonchev–Trinajstić information content (AvgIpc) is 1.65. The highest BCUT2D eigenvalue weighted by Gasteiger charge is 2.60. The first-order valence-corrected chi connectivity index (χ1v) is 53.6. The number of ether oxygens (including phenoxy) is 5. The highest BCUT2D eigenvalue weighted by atomic mass is 35.5. The molecule has 0 aliphatic carbocycles. The minimum atomic E-state index is -3.52. The van der Waals surface area contributed by atoms with E-state index in [1.807, 2.05) is 40.7 Å². The maximum absolute atomic E-state index is 13.2. The monoisotopic (exact) mass is 1980 g/mol. The van der Waals surface area contributed by atoms with E-state index in [1.165, 1.54) is 0 Å². The van der Waals surface area contributed by atoms with Gasteiger partial charge < -0.3 is 78.4 Å². The van der Waals surface area contributed by atoms with E-state index in [-0.39, 0.29) is 201 Å². The van der Waals surface area contributed by atoms with Crippen LogP contribution in [0.3, 0.4) is 0 Å². The molecule has 8 bridgehead atoms. The maximum Gasteiger partial charge on any atom is 0.474 e. The summed E-state index contributed by atoms with van der Waals surface area (Å²) in [7, 11) is -5.51. The van der Waals surface area contributed by atoms with Crippen LogP contribution in [0.1, 0.15) is 158 Å². The minimum Gasteiger partial charge on any atom is -0.465 e. The largest absolute Gasteiger partial charge is 0.474 e. The predicted octanol–water partition coefficient (Wildman–Crippen LogP) is 8.28. The highest BCUT2D eigenvalue weighted by Crippen LogP contribution is 2.54. The first-order valence-electron chi connectivity index (χ1n) is 47.0. The van der Waals surface area contributed by atoms with Crippen LogP contribution in [0.5, 0.6) is 0 Å². The molecule has 130 heavy (non-hydrogen) atoms. The molecule has 12 aliphatic heterocycles. The summed E-state index contributed by atoms with van der Waals surface area (Å²) >= 11 is 11.4. The summed E-state index contributed by atoms with van der Waals surface area (Å²) in [6, 6.07) is 0. The number of esters is 1. The number of piperazine rings is 4. The molecule has 0 aromatic carbocycles. The van der Waals surface area contributed by atoms with E-state index in [9.17, 15) is 56.6 Å². The summed E-state index contributed by atoms with van der Waals surface area (Å²) in [6.07, 6.45) is 10.3. The molecule has 12 saturated heterocycles. The lowest BCUT2D eigenvalue weighted by Gasteiger charge is -2.36. The lowest BCUT2D eigenvalue weighted by atomic mass is 9.77. The van der Waals surface area contributed by atoms with Crippen LogP contribution in [0.4, 0.5) is 0 Å². The first kappa shape index (κ1) is 114. The van der Waals surface area contributed by atoms with Crippen LogP contribution < -0.4 is 5.32 Å². The van der Waals surface area contributed by atoms with Crippen molar-refractivity contribution >= 4 is 100 Å². The molecule has 46 heteroatoms. The Hall–Kier alpha value is -3.22. The molecule has 3 N–H and O–H groups in total. The summed E-state index contributed by atoms with van der Waals surface area (Å²) in [6.45, 7) is 30.3. The Morgan fingerprint density at radius 1 is 0.300 bits per heavy atom. The molecule has 752 valence electrons. The highest BCUT2D eigenvalue weighted by molar-refractivity contribution is 7.49. The molecule has 16 atom stereocenters. The van der Waals surface area contributed by atoms with Gasteiger partial charge in [-0.15, -0.1) is 0 Å². The van der Waals surface area contributed by atoms with Gasteiger partial charge in [-0.05, 0) is 210 Å². The van der Waals surface area contributed by atoms with E-state index in [0.29, 0.717) is 84.1 Å². The predicted molar refractivity (Wildman–Crippen MR) is 480 cm³/mol. The summed E-state index contributed by atoms with van der Waals surface area (Å²) < 4.78 is 137. The van der Waals surface area contributed by atoms with Crippen molar-refractivity contribution in [3.63, 3.8) is 0 Å². The molecule has 0 saturated carbocycles. The van der Waals surface area contributed by atoms with Crippen molar-refractivity contribution in [1.29, 1.82) is 0 Å². The van der Waals surface area contributed by atoms with Crippen molar-refractivity contribution in [2.24, 2.45) is 47.3 Å². The van der Waals surface area contributed by atoms with Crippen LogP contribution >= 0.6 is 54.5 Å². The number of amides is 5. The number of nitrogens with zero attached hydrogens (tertiary/aromatic N) is 8. The molecule has 5 amide bonds. The zero-order valence-corrected chi connectivity index (χ0v) is 83.6. The van der Waals surface area contributed by atoms with Crippen LogP contribution in [-0.2, 0) is 135 Å². The van der Waals surface area contributed by atoms with E-state index in [0.717, 1.165) is 130 Å². The molecule has 40 nitrogen and oxygen atoms in total. The van der Waals surface area contributed by atoms with Gasteiger partial charge in [0, 0.05) is 124 Å². The molecule has 0 aromatic rings. The fourth-order valence-corrected chi connectivity index (χ4v) is 23.4. The minimum absolute atomic E-state index is 0.0169. The third-order valence-electron chi connectivity index (χ3n) is 24.6. The molecule has 0 radical (unpaired) electrons. The van der Waals surface area contributed by atoms with Gasteiger partial charge >= 0.3 is 37.3 Å². The lowest BCUT2D eigenvalue weighted by molar-refractivity contribution is -0.156. The number of unbranched alkanes of at least 4 members (excludes halogenated alkanes) is 4. The standard InChI is InChI=1S/C21H38N3O7P.C21H37N2O8P.2C13H19ClN2O3.2C8H19O5P/c1-4-28-32(27,29-5-2)30-15-7-6-10-22-20(25)18-16-8-9-17(31-16)19(18)21(26)24-13-11-23(3)12-14-24;1-4-28-32(26,29-5-2)30-15-7-6-14-27-21(25)19-17-9-8-16(31-17)18(19)20(24)23-12-10-22(3)11-13-23;2*1-15-4-6-16(7-5-15)13(18)11-9-3-2-8(19-9)10(11)12(14)17;2*1-3-11-14(10,12-4-2)13-8-6-5-7-9/h16-19H,4-15H2,1-3H3,(H,22,25);16-19H,4-15H2,1-3H3;2*8-11H,2-7H2,1H3;2*9H,3-8H2,1-2H3. The van der Waals surface area contributed by atoms with E-state index < -0.39 is 71.4 Å². The van der Waals surface area contributed by atoms with E-state index in [1.54, 1.807) is 55.4 Å². The van der Waals surface area contributed by atoms with Gasteiger partial charge in [-0.2, -0.15) is 0 Å². The Bertz CT molecular complexity index is 3360. The number of hydrogen-bond acceptors (Lipinski definition) is 35. The molecule has 12 aliphatic rings. The van der Waals surface area contributed by atoms with Crippen LogP contribution in [0.25, 0.3) is 0 Å². The molecule has 12 rings (SSSR count). The second kappa shape index (κ2) is 58.6. The van der Waals surface area contributed by atoms with Gasteiger partial charge in [-0.25, -0.2) is 18.3 Å². The number of nitrogens with one attached hydrogen (secondary N) is 1. The SMILES string of the molecule is CCOP(=O)(OCC)OCCCCNC(=O)C1C2CCC(O2)C1C(=O)N1CCN(C)CC1.CCOP(=O)(OCC)OCCCCO.CCOP(=O)(OCC)OCCCCO.CCOP(=O)(OCC)OCCCCOC(=O)C1C2CCC(O2)C1C(=O)N1CCN(C)CC1.CN1CCN(C(=O)C2C3CCC(O3)C2C(=O)Cl)CC1.CN1CCN(C(=O)C2C3CCC(O3)C2C(=O)Cl)CC1. The van der Waals surface area contributed by atoms with Gasteiger partial charge in [0.2, 0.25) is 40.0 Å². The summed E-state index contributed by atoms with van der Waals surface area (Å²) in [5.74, 6) is -3.66. The number of carbonyl (C=O) groups excluding carboxylic acids is 8. The Morgan fingerprint density at radius 2 is 0.515 bits per heavy atom. The van der Waals surface area contributed by atoms with Crippen molar-refractivity contribution in [1.82, 2.24) is 44.5 Å². The summed E-state index contributed by atoms with van der Waals surface area (Å²) in [4.78, 5) is 117. The topological polar surface area (TPSA) is 440 Å². The zero-order chi connectivity index (χ0) is 95.1. The number of aliphatic hydroxyl groups is 2. The van der Waals surface area contributed by atoms with Crippen molar-refractivity contribution in [2.45, 2.75) is 207 Å². The molecule has 12 heterocycles. The van der Waals surface area contributed by atoms with Crippen molar-refractivity contribution in [3.8, 4) is 0 Å². The van der Waals surface area contributed by atoms with E-state index in [2.05, 4.69) is 32.0 Å². The Morgan fingerprint density at radius 3 is 0.769 bits per heavy atom. The van der Waals surface area contributed by atoms with Gasteiger partial charge in [0.15, 0.2) is 0 Å². The number of halogens is 2. The molecular formula is C84H151Cl2N9O31P4. The van der Waals surface area contributed by atoms with Gasteiger partial charge in [0.1, 0.15) is 0 Å². The van der Waals surface area contributed by atoms with Gasteiger partial charge in [-0.1, -0.05) is 0 Å². The van der Waals surface area contributed by atoms with Crippen molar-refractivity contribution in [2.75, 3.05) is 239 Å². The van der Waals surface area contributed by atoms with Crippen LogP contribution in [0.2, 0.25) is 0 Å². The third-order valence-corrected chi connectivity index (χ3v) is 31.7. The Labute approximate surface area is 778 Å². The van der Waals surface area contributed by atoms with Crippen molar-refractivity contribution < 1.29 is 145 Å². The zero-order valence-electron chi connectivity index (χ0n) is 78.5. The van der Waals surface area contributed by atoms with Gasteiger partial charge in [0.05, 0.1) is 182 Å². The second-order valence-corrected chi connectivity index (χ2v) is 41.1. The number of phosphoric ester groups is 4. The van der Waals surface area contributed by atoms with Gasteiger partial charge in [-0.3, -0.25) is 92.6 Å². The molecule has 12 fully saturated rings. The number of phosphoric acid groups is 4. The molecular weight excluding hydrogens is 1830 g/mol. The normalized spacial score (nSPS) is 27.8. The van der Waals surface area contributed by atoms with E-state index in [4.69, 9.17) is 111 Å². The quantitative estimate of drug-likeness (QED) is 0.0223. The van der Waals surface area contributed by atoms with Crippen LogP contribution in [0.15, 0.2) is 0 Å². The average molecular weight is 1980 g/mol. The number of aliphatic hydroxyl groups excluding tert-OH is 2. The Kier molecular flexibility index (Phi) is 51.3. The Balaban J connectivity index is 0.000000220.